The van der Waals surface area contributed by atoms with Crippen LogP contribution in [-0.4, -0.2) is 38.1 Å². The number of quaternary nitrogens is 1. The molecule has 3 aromatic rings. The predicted molar refractivity (Wildman–Crippen MR) is 93.3 cm³/mol. The Kier molecular flexibility index (Phi) is 4.70. The molecule has 1 amide bonds. The van der Waals surface area contributed by atoms with Crippen molar-refractivity contribution >= 4 is 43.9 Å². The smallest absolute Gasteiger partial charge is 0.270 e. The summed E-state index contributed by atoms with van der Waals surface area (Å²) in [6.07, 6.45) is 0. The standard InChI is InChI=1S/C16H16FN3OS2/c1-19(2)7-8-20(15(21)13-4-3-9-22-13)16-18-12-6-5-11(17)10-14(12)23-16/h3-6,9-10H,7-8H2,1-2H3/p+1. The molecule has 0 aliphatic carbocycles. The molecule has 23 heavy (non-hydrogen) atoms. The van der Waals surface area contributed by atoms with Crippen LogP contribution >= 0.6 is 22.7 Å². The van der Waals surface area contributed by atoms with Crippen molar-refractivity contribution in [3.05, 3.63) is 46.4 Å². The van der Waals surface area contributed by atoms with Crippen molar-refractivity contribution in [2.24, 2.45) is 0 Å². The van der Waals surface area contributed by atoms with Crippen LogP contribution in [0.1, 0.15) is 9.67 Å². The summed E-state index contributed by atoms with van der Waals surface area (Å²) in [7, 11) is 4.09. The third-order valence-electron chi connectivity index (χ3n) is 3.38. The maximum absolute atomic E-state index is 13.4. The van der Waals surface area contributed by atoms with Crippen molar-refractivity contribution in [3.8, 4) is 0 Å². The minimum Gasteiger partial charge on any atom is -0.338 e. The van der Waals surface area contributed by atoms with Gasteiger partial charge in [0.05, 0.1) is 42.3 Å². The van der Waals surface area contributed by atoms with Gasteiger partial charge >= 0.3 is 0 Å². The number of likely N-dealkylation sites (N-methyl/N-ethyl adjacent to an activating group) is 1. The number of benzene rings is 1. The van der Waals surface area contributed by atoms with Gasteiger partial charge in [-0.25, -0.2) is 9.37 Å². The first-order chi connectivity index (χ1) is 11.0. The number of hydrogen-bond donors (Lipinski definition) is 1. The number of hydrogen-bond acceptors (Lipinski definition) is 4. The van der Waals surface area contributed by atoms with E-state index in [2.05, 4.69) is 4.98 Å². The van der Waals surface area contributed by atoms with Crippen molar-refractivity contribution in [2.45, 2.75) is 0 Å². The largest absolute Gasteiger partial charge is 0.338 e. The van der Waals surface area contributed by atoms with E-state index in [-0.39, 0.29) is 11.7 Å². The van der Waals surface area contributed by atoms with Gasteiger partial charge in [-0.15, -0.1) is 11.3 Å². The molecule has 0 aliphatic rings. The summed E-state index contributed by atoms with van der Waals surface area (Å²) in [5.74, 6) is -0.345. The highest BCUT2D eigenvalue weighted by molar-refractivity contribution is 7.22. The number of thiazole rings is 1. The summed E-state index contributed by atoms with van der Waals surface area (Å²) in [6, 6.07) is 8.18. The lowest BCUT2D eigenvalue weighted by molar-refractivity contribution is -0.856. The molecule has 3 rings (SSSR count). The van der Waals surface area contributed by atoms with Gasteiger partial charge in [-0.2, -0.15) is 0 Å². The van der Waals surface area contributed by atoms with E-state index in [1.54, 1.807) is 11.0 Å². The van der Waals surface area contributed by atoms with Crippen molar-refractivity contribution in [1.29, 1.82) is 0 Å². The van der Waals surface area contributed by atoms with Crippen LogP contribution in [0.5, 0.6) is 0 Å². The number of rotatable bonds is 5. The van der Waals surface area contributed by atoms with Gasteiger partial charge in [-0.3, -0.25) is 9.69 Å². The predicted octanol–water partition coefficient (Wildman–Crippen LogP) is 2.29. The van der Waals surface area contributed by atoms with Crippen molar-refractivity contribution in [1.82, 2.24) is 4.98 Å². The van der Waals surface area contributed by atoms with E-state index < -0.39 is 0 Å². The molecule has 0 atom stereocenters. The van der Waals surface area contributed by atoms with Gasteiger partial charge in [0.25, 0.3) is 5.91 Å². The van der Waals surface area contributed by atoms with Crippen LogP contribution in [0.4, 0.5) is 9.52 Å². The summed E-state index contributed by atoms with van der Waals surface area (Å²) < 4.78 is 14.1. The van der Waals surface area contributed by atoms with E-state index in [1.807, 2.05) is 31.6 Å². The molecule has 0 fully saturated rings. The van der Waals surface area contributed by atoms with Crippen LogP contribution < -0.4 is 9.80 Å². The lowest BCUT2D eigenvalue weighted by Crippen LogP contribution is -3.06. The van der Waals surface area contributed by atoms with E-state index in [4.69, 9.17) is 0 Å². The van der Waals surface area contributed by atoms with Crippen molar-refractivity contribution < 1.29 is 14.1 Å². The average Bonchev–Trinajstić information content (AvgIpc) is 3.15. The lowest BCUT2D eigenvalue weighted by atomic mass is 10.3. The highest BCUT2D eigenvalue weighted by Crippen LogP contribution is 2.30. The third kappa shape index (κ3) is 3.57. The second-order valence-electron chi connectivity index (χ2n) is 5.50. The van der Waals surface area contributed by atoms with Gasteiger partial charge in [-0.05, 0) is 29.6 Å². The topological polar surface area (TPSA) is 37.6 Å². The van der Waals surface area contributed by atoms with E-state index in [9.17, 15) is 9.18 Å². The number of nitrogens with one attached hydrogen (secondary N) is 1. The fourth-order valence-corrected chi connectivity index (χ4v) is 3.84. The van der Waals surface area contributed by atoms with Crippen LogP contribution in [-0.2, 0) is 0 Å². The molecule has 0 saturated heterocycles. The number of amides is 1. The van der Waals surface area contributed by atoms with Crippen LogP contribution in [0.25, 0.3) is 10.2 Å². The Morgan fingerprint density at radius 3 is 2.87 bits per heavy atom. The fourth-order valence-electron chi connectivity index (χ4n) is 2.15. The Morgan fingerprint density at radius 2 is 2.17 bits per heavy atom. The Hall–Kier alpha value is -1.83. The second kappa shape index (κ2) is 6.74. The molecule has 0 unspecified atom stereocenters. The van der Waals surface area contributed by atoms with Gasteiger partial charge in [0, 0.05) is 0 Å². The molecule has 4 nitrogen and oxygen atoms in total. The summed E-state index contributed by atoms with van der Waals surface area (Å²) in [6.45, 7) is 1.38. The normalized spacial score (nSPS) is 11.3. The Labute approximate surface area is 141 Å². The highest BCUT2D eigenvalue weighted by atomic mass is 32.1. The fraction of sp³-hybridized carbons (Fsp3) is 0.250. The van der Waals surface area contributed by atoms with Crippen LogP contribution in [0.2, 0.25) is 0 Å². The quantitative estimate of drug-likeness (QED) is 0.767. The number of aromatic nitrogens is 1. The monoisotopic (exact) mass is 350 g/mol. The number of fused-ring (bicyclic) bond motifs is 1. The van der Waals surface area contributed by atoms with Crippen LogP contribution in [0, 0.1) is 5.82 Å². The zero-order chi connectivity index (χ0) is 16.4. The highest BCUT2D eigenvalue weighted by Gasteiger charge is 2.22. The third-order valence-corrected chi connectivity index (χ3v) is 5.28. The Morgan fingerprint density at radius 1 is 1.35 bits per heavy atom. The Balaban J connectivity index is 1.96. The Bertz CT molecular complexity index is 814. The first kappa shape index (κ1) is 16.0. The van der Waals surface area contributed by atoms with Gasteiger partial charge in [0.15, 0.2) is 5.13 Å². The molecule has 0 spiro atoms. The number of halogens is 1. The average molecular weight is 350 g/mol. The molecule has 0 saturated carbocycles. The molecule has 0 bridgehead atoms. The number of nitrogens with zero attached hydrogens (tertiary/aromatic N) is 2. The zero-order valence-corrected chi connectivity index (χ0v) is 14.5. The molecule has 2 heterocycles. The SMILES string of the molecule is C[NH+](C)CCN(C(=O)c1cccs1)c1nc2ccc(F)cc2s1. The first-order valence-corrected chi connectivity index (χ1v) is 8.94. The molecule has 2 aromatic heterocycles. The molecule has 1 N–H and O–H groups in total. The summed E-state index contributed by atoms with van der Waals surface area (Å²) in [5.41, 5.74) is 0.715. The summed E-state index contributed by atoms with van der Waals surface area (Å²) in [5, 5.41) is 2.50. The van der Waals surface area contributed by atoms with E-state index in [0.717, 1.165) is 11.2 Å². The van der Waals surface area contributed by atoms with Crippen molar-refractivity contribution in [3.63, 3.8) is 0 Å². The van der Waals surface area contributed by atoms with E-state index in [1.165, 1.54) is 39.7 Å². The summed E-state index contributed by atoms with van der Waals surface area (Å²) in [4.78, 5) is 20.9. The van der Waals surface area contributed by atoms with Crippen LogP contribution in [0.3, 0.4) is 0 Å². The maximum Gasteiger partial charge on any atom is 0.270 e. The number of thiophene rings is 1. The zero-order valence-electron chi connectivity index (χ0n) is 12.9. The van der Waals surface area contributed by atoms with Gasteiger partial charge in [-0.1, -0.05) is 17.4 Å². The summed E-state index contributed by atoms with van der Waals surface area (Å²) >= 11 is 2.76. The number of carbonyl (C=O) groups excluding carboxylic acids is 1. The van der Waals surface area contributed by atoms with Gasteiger partial charge in [0.2, 0.25) is 0 Å². The van der Waals surface area contributed by atoms with E-state index >= 15 is 0 Å². The maximum atomic E-state index is 13.4. The van der Waals surface area contributed by atoms with Gasteiger partial charge in [0.1, 0.15) is 5.82 Å². The van der Waals surface area contributed by atoms with Crippen LogP contribution in [0.15, 0.2) is 35.7 Å². The minimum atomic E-state index is -0.290. The lowest BCUT2D eigenvalue weighted by Gasteiger charge is -2.19. The molecule has 0 radical (unpaired) electrons. The minimum absolute atomic E-state index is 0.0548. The molecular formula is C16H17FN3OS2+. The molecule has 0 aliphatic heterocycles. The number of anilines is 1. The molecule has 1 aromatic carbocycles. The molecule has 120 valence electrons. The molecule has 7 heteroatoms. The second-order valence-corrected chi connectivity index (χ2v) is 7.46. The van der Waals surface area contributed by atoms with E-state index in [0.29, 0.717) is 22.1 Å². The number of carbonyl (C=O) groups is 1. The first-order valence-electron chi connectivity index (χ1n) is 7.25. The van der Waals surface area contributed by atoms with Gasteiger partial charge < -0.3 is 4.90 Å². The van der Waals surface area contributed by atoms with Crippen molar-refractivity contribution in [2.75, 3.05) is 32.1 Å². The molecular weight excluding hydrogens is 333 g/mol.